The molecule has 1 aliphatic heterocycles. The van der Waals surface area contributed by atoms with Crippen LogP contribution >= 0.6 is 0 Å². The van der Waals surface area contributed by atoms with Gasteiger partial charge in [-0.25, -0.2) is 0 Å². The summed E-state index contributed by atoms with van der Waals surface area (Å²) in [6.07, 6.45) is 6.93. The highest BCUT2D eigenvalue weighted by Crippen LogP contribution is 2.39. The fourth-order valence-corrected chi connectivity index (χ4v) is 3.72. The van der Waals surface area contributed by atoms with E-state index in [4.69, 9.17) is 0 Å². The van der Waals surface area contributed by atoms with E-state index in [1.165, 1.54) is 0 Å². The lowest BCUT2D eigenvalue weighted by Gasteiger charge is -2.37. The van der Waals surface area contributed by atoms with Crippen molar-refractivity contribution in [2.75, 3.05) is 18.1 Å². The zero-order valence-electron chi connectivity index (χ0n) is 15.5. The molecule has 0 N–H and O–H groups in total. The van der Waals surface area contributed by atoms with Gasteiger partial charge in [0, 0.05) is 12.2 Å². The van der Waals surface area contributed by atoms with E-state index in [2.05, 4.69) is 56.5 Å². The fraction of sp³-hybridized carbons (Fsp3) is 0.571. The smallest absolute Gasteiger partial charge is 0.250 e. The zero-order valence-corrected chi connectivity index (χ0v) is 15.5. The van der Waals surface area contributed by atoms with Crippen molar-refractivity contribution in [1.29, 1.82) is 0 Å². The minimum absolute atomic E-state index is 0.274. The first kappa shape index (κ1) is 18.6. The van der Waals surface area contributed by atoms with Crippen molar-refractivity contribution in [2.45, 2.75) is 58.4 Å². The van der Waals surface area contributed by atoms with E-state index < -0.39 is 5.54 Å². The Morgan fingerprint density at radius 1 is 1.25 bits per heavy atom. The maximum Gasteiger partial charge on any atom is 0.250 e. The molecule has 1 aromatic rings. The second kappa shape index (κ2) is 8.36. The summed E-state index contributed by atoms with van der Waals surface area (Å²) in [4.78, 5) is 17.6. The van der Waals surface area contributed by atoms with Gasteiger partial charge < -0.3 is 9.80 Å². The van der Waals surface area contributed by atoms with Crippen LogP contribution in [-0.2, 0) is 4.79 Å². The number of benzene rings is 1. The number of carbonyl (C=O) groups excluding carboxylic acids is 1. The highest BCUT2D eigenvalue weighted by Gasteiger charge is 2.51. The van der Waals surface area contributed by atoms with E-state index in [0.29, 0.717) is 19.1 Å². The fourth-order valence-electron chi connectivity index (χ4n) is 3.72. The molecule has 2 rings (SSSR count). The molecule has 1 aliphatic rings. The van der Waals surface area contributed by atoms with Crippen molar-refractivity contribution < 1.29 is 4.79 Å². The van der Waals surface area contributed by atoms with Gasteiger partial charge in [0.25, 0.3) is 0 Å². The molecule has 0 aliphatic carbocycles. The van der Waals surface area contributed by atoms with Gasteiger partial charge in [0.05, 0.1) is 6.67 Å². The Bertz CT molecular complexity index is 542. The first-order chi connectivity index (χ1) is 11.6. The molecule has 0 bridgehead atoms. The van der Waals surface area contributed by atoms with E-state index >= 15 is 0 Å². The zero-order chi connectivity index (χ0) is 17.6. The number of para-hydroxylation sites is 1. The summed E-state index contributed by atoms with van der Waals surface area (Å²) in [5, 5.41) is 0. The summed E-state index contributed by atoms with van der Waals surface area (Å²) in [5.74, 6) is 0.925. The Morgan fingerprint density at radius 3 is 2.54 bits per heavy atom. The molecule has 3 heteroatoms. The van der Waals surface area contributed by atoms with Crippen LogP contribution in [0.2, 0.25) is 0 Å². The van der Waals surface area contributed by atoms with Gasteiger partial charge in [-0.2, -0.15) is 0 Å². The van der Waals surface area contributed by atoms with Crippen molar-refractivity contribution in [3.63, 3.8) is 0 Å². The van der Waals surface area contributed by atoms with Crippen LogP contribution in [0.5, 0.6) is 0 Å². The molecule has 0 aromatic heterocycles. The molecule has 1 fully saturated rings. The molecule has 1 heterocycles. The van der Waals surface area contributed by atoms with Gasteiger partial charge in [-0.1, -0.05) is 57.9 Å². The molecule has 132 valence electrons. The number of hydrogen-bond donors (Lipinski definition) is 0. The molecule has 1 aromatic carbocycles. The maximum absolute atomic E-state index is 13.3. The van der Waals surface area contributed by atoms with Crippen LogP contribution in [0.1, 0.15) is 52.9 Å². The van der Waals surface area contributed by atoms with Gasteiger partial charge in [-0.3, -0.25) is 4.79 Å². The quantitative estimate of drug-likeness (QED) is 0.605. The molecular formula is C21H32N2O. The van der Waals surface area contributed by atoms with E-state index in [-0.39, 0.29) is 5.91 Å². The van der Waals surface area contributed by atoms with Crippen molar-refractivity contribution >= 4 is 11.6 Å². The lowest BCUT2D eigenvalue weighted by molar-refractivity contribution is -0.132. The predicted octanol–water partition coefficient (Wildman–Crippen LogP) is 4.84. The van der Waals surface area contributed by atoms with Crippen LogP contribution in [0.3, 0.4) is 0 Å². The Labute approximate surface area is 147 Å². The molecule has 2 atom stereocenters. The number of hydrogen-bond acceptors (Lipinski definition) is 2. The van der Waals surface area contributed by atoms with E-state index in [0.717, 1.165) is 37.8 Å². The molecule has 0 radical (unpaired) electrons. The van der Waals surface area contributed by atoms with Gasteiger partial charge in [-0.15, -0.1) is 6.58 Å². The van der Waals surface area contributed by atoms with Crippen molar-refractivity contribution in [2.24, 2.45) is 5.92 Å². The number of amides is 1. The average Bonchev–Trinajstić information content (AvgIpc) is 2.87. The number of nitrogens with zero attached hydrogens (tertiary/aromatic N) is 2. The van der Waals surface area contributed by atoms with Crippen LogP contribution in [0, 0.1) is 5.92 Å². The lowest BCUT2D eigenvalue weighted by Crippen LogP contribution is -2.49. The summed E-state index contributed by atoms with van der Waals surface area (Å²) in [6.45, 7) is 11.8. The third kappa shape index (κ3) is 3.66. The minimum Gasteiger partial charge on any atom is -0.339 e. The SMILES string of the molecule is C=CCN1CN(c2ccccc2)C(CCC)(CCC(C)CC)C1=O. The van der Waals surface area contributed by atoms with Crippen LogP contribution in [-0.4, -0.2) is 29.6 Å². The largest absolute Gasteiger partial charge is 0.339 e. The normalized spacial score (nSPS) is 22.0. The maximum atomic E-state index is 13.3. The summed E-state index contributed by atoms with van der Waals surface area (Å²) in [7, 11) is 0. The van der Waals surface area contributed by atoms with Gasteiger partial charge in [0.15, 0.2) is 0 Å². The van der Waals surface area contributed by atoms with Crippen molar-refractivity contribution in [3.8, 4) is 0 Å². The monoisotopic (exact) mass is 328 g/mol. The average molecular weight is 329 g/mol. The molecule has 3 nitrogen and oxygen atoms in total. The van der Waals surface area contributed by atoms with Gasteiger partial charge in [0.1, 0.15) is 5.54 Å². The van der Waals surface area contributed by atoms with Crippen LogP contribution < -0.4 is 4.90 Å². The predicted molar refractivity (Wildman–Crippen MR) is 102 cm³/mol. The minimum atomic E-state index is -0.400. The molecule has 0 spiro atoms. The summed E-state index contributed by atoms with van der Waals surface area (Å²) < 4.78 is 0. The molecule has 2 unspecified atom stereocenters. The summed E-state index contributed by atoms with van der Waals surface area (Å²) in [6, 6.07) is 10.4. The molecule has 1 amide bonds. The second-order valence-corrected chi connectivity index (χ2v) is 7.05. The topological polar surface area (TPSA) is 23.6 Å². The van der Waals surface area contributed by atoms with Gasteiger partial charge >= 0.3 is 0 Å². The Kier molecular flexibility index (Phi) is 6.47. The van der Waals surface area contributed by atoms with Crippen molar-refractivity contribution in [1.82, 2.24) is 4.90 Å². The number of anilines is 1. The highest BCUT2D eigenvalue weighted by atomic mass is 16.2. The van der Waals surface area contributed by atoms with E-state index in [1.54, 1.807) is 0 Å². The van der Waals surface area contributed by atoms with Gasteiger partial charge in [0.2, 0.25) is 5.91 Å². The highest BCUT2D eigenvalue weighted by molar-refractivity contribution is 5.93. The van der Waals surface area contributed by atoms with E-state index in [1.807, 2.05) is 17.0 Å². The lowest BCUT2D eigenvalue weighted by atomic mass is 9.83. The summed E-state index contributed by atoms with van der Waals surface area (Å²) >= 11 is 0. The third-order valence-corrected chi connectivity index (χ3v) is 5.34. The van der Waals surface area contributed by atoms with Crippen molar-refractivity contribution in [3.05, 3.63) is 43.0 Å². The van der Waals surface area contributed by atoms with Crippen LogP contribution in [0.25, 0.3) is 0 Å². The third-order valence-electron chi connectivity index (χ3n) is 5.34. The molecule has 24 heavy (non-hydrogen) atoms. The molecular weight excluding hydrogens is 296 g/mol. The summed E-state index contributed by atoms with van der Waals surface area (Å²) in [5.41, 5.74) is 0.748. The standard InChI is InChI=1S/C21H32N2O/c1-5-14-21(15-13-18(4)7-3)20(24)22(16-6-2)17-23(21)19-11-9-8-10-12-19/h6,8-12,18H,2,5,7,13-17H2,1,3-4H3. The van der Waals surface area contributed by atoms with Crippen LogP contribution in [0.4, 0.5) is 5.69 Å². The molecule has 1 saturated heterocycles. The Balaban J connectivity index is 2.38. The Hall–Kier alpha value is -1.77. The van der Waals surface area contributed by atoms with Gasteiger partial charge in [-0.05, 0) is 37.3 Å². The molecule has 0 saturated carbocycles. The first-order valence-corrected chi connectivity index (χ1v) is 9.32. The van der Waals surface area contributed by atoms with Crippen LogP contribution in [0.15, 0.2) is 43.0 Å². The Morgan fingerprint density at radius 2 is 1.96 bits per heavy atom. The number of rotatable bonds is 9. The number of carbonyl (C=O) groups is 1. The second-order valence-electron chi connectivity index (χ2n) is 7.05. The first-order valence-electron chi connectivity index (χ1n) is 9.32. The van der Waals surface area contributed by atoms with E-state index in [9.17, 15) is 4.79 Å².